The summed E-state index contributed by atoms with van der Waals surface area (Å²) in [5, 5.41) is 9.41. The van der Waals surface area contributed by atoms with E-state index in [0.29, 0.717) is 25.0 Å². The number of nitrogens with one attached hydrogen (secondary N) is 3. The highest BCUT2D eigenvalue weighted by Crippen LogP contribution is 2.14. The van der Waals surface area contributed by atoms with Gasteiger partial charge in [0, 0.05) is 44.7 Å². The summed E-state index contributed by atoms with van der Waals surface area (Å²) in [4.78, 5) is 24.9. The molecule has 2 aliphatic rings. The van der Waals surface area contributed by atoms with Gasteiger partial charge < -0.3 is 20.9 Å². The lowest BCUT2D eigenvalue weighted by atomic mass is 10.0. The van der Waals surface area contributed by atoms with E-state index in [9.17, 15) is 9.59 Å². The molecule has 1 atom stereocenters. The predicted molar refractivity (Wildman–Crippen MR) is 77.5 cm³/mol. The highest BCUT2D eigenvalue weighted by atomic mass is 16.2. The Kier molecular flexibility index (Phi) is 5.64. The second-order valence-electron chi connectivity index (χ2n) is 5.64. The Morgan fingerprint density at radius 1 is 1.25 bits per heavy atom. The molecular formula is C14H26N4O2. The van der Waals surface area contributed by atoms with Gasteiger partial charge in [-0.15, -0.1) is 0 Å². The molecule has 3 amide bonds. The van der Waals surface area contributed by atoms with E-state index < -0.39 is 0 Å². The molecule has 0 bridgehead atoms. The number of rotatable bonds is 3. The van der Waals surface area contributed by atoms with Crippen LogP contribution in [0.4, 0.5) is 4.79 Å². The van der Waals surface area contributed by atoms with Gasteiger partial charge in [-0.1, -0.05) is 0 Å². The number of hydrogen-bond acceptors (Lipinski definition) is 3. The zero-order chi connectivity index (χ0) is 14.4. The SMILES string of the molecule is CCNC(=O)N1CCC(N[C@H]2CCNC(=O)CC2)CC1. The Balaban J connectivity index is 1.71. The fourth-order valence-electron chi connectivity index (χ4n) is 2.94. The minimum absolute atomic E-state index is 0.0511. The first-order chi connectivity index (χ1) is 9.69. The first kappa shape index (κ1) is 15.1. The maximum atomic E-state index is 11.7. The summed E-state index contributed by atoms with van der Waals surface area (Å²) in [5.41, 5.74) is 0. The molecular weight excluding hydrogens is 256 g/mol. The monoisotopic (exact) mass is 282 g/mol. The number of likely N-dealkylation sites (tertiary alicyclic amines) is 1. The third-order valence-corrected chi connectivity index (χ3v) is 4.12. The van der Waals surface area contributed by atoms with Crippen molar-refractivity contribution >= 4 is 11.9 Å². The molecule has 2 aliphatic heterocycles. The molecule has 114 valence electrons. The van der Waals surface area contributed by atoms with Crippen LogP contribution in [0.3, 0.4) is 0 Å². The Hall–Kier alpha value is -1.30. The van der Waals surface area contributed by atoms with E-state index in [-0.39, 0.29) is 11.9 Å². The molecule has 20 heavy (non-hydrogen) atoms. The van der Waals surface area contributed by atoms with E-state index in [1.807, 2.05) is 11.8 Å². The van der Waals surface area contributed by atoms with Crippen LogP contribution in [0.15, 0.2) is 0 Å². The molecule has 0 aromatic carbocycles. The summed E-state index contributed by atoms with van der Waals surface area (Å²) >= 11 is 0. The summed E-state index contributed by atoms with van der Waals surface area (Å²) in [6.07, 6.45) is 4.53. The van der Waals surface area contributed by atoms with Crippen LogP contribution in [0.5, 0.6) is 0 Å². The highest BCUT2D eigenvalue weighted by Gasteiger charge is 2.25. The number of carbonyl (C=O) groups excluding carboxylic acids is 2. The Morgan fingerprint density at radius 3 is 2.65 bits per heavy atom. The second kappa shape index (κ2) is 7.47. The molecule has 6 heteroatoms. The van der Waals surface area contributed by atoms with Crippen LogP contribution < -0.4 is 16.0 Å². The van der Waals surface area contributed by atoms with Gasteiger partial charge in [0.05, 0.1) is 0 Å². The van der Waals surface area contributed by atoms with Crippen LogP contribution in [0.25, 0.3) is 0 Å². The molecule has 2 heterocycles. The van der Waals surface area contributed by atoms with Gasteiger partial charge in [-0.3, -0.25) is 4.79 Å². The molecule has 0 aromatic rings. The van der Waals surface area contributed by atoms with Gasteiger partial charge in [-0.2, -0.15) is 0 Å². The zero-order valence-electron chi connectivity index (χ0n) is 12.3. The van der Waals surface area contributed by atoms with Crippen LogP contribution in [-0.4, -0.2) is 55.1 Å². The van der Waals surface area contributed by atoms with Crippen molar-refractivity contribution in [2.24, 2.45) is 0 Å². The minimum Gasteiger partial charge on any atom is -0.356 e. The van der Waals surface area contributed by atoms with E-state index in [4.69, 9.17) is 0 Å². The molecule has 3 N–H and O–H groups in total. The topological polar surface area (TPSA) is 73.5 Å². The second-order valence-corrected chi connectivity index (χ2v) is 5.64. The standard InChI is InChI=1S/C14H26N4O2/c1-2-15-14(20)18-9-6-12(7-10-18)17-11-3-4-13(19)16-8-5-11/h11-12,17H,2-10H2,1H3,(H,15,20)(H,16,19)/t11-/m1/s1. The zero-order valence-corrected chi connectivity index (χ0v) is 12.3. The smallest absolute Gasteiger partial charge is 0.317 e. The summed E-state index contributed by atoms with van der Waals surface area (Å²) in [6.45, 7) is 5.02. The van der Waals surface area contributed by atoms with Gasteiger partial charge in [0.25, 0.3) is 0 Å². The van der Waals surface area contributed by atoms with Crippen LogP contribution in [0.1, 0.15) is 39.0 Å². The van der Waals surface area contributed by atoms with Crippen LogP contribution >= 0.6 is 0 Å². The van der Waals surface area contributed by atoms with Crippen molar-refractivity contribution in [3.8, 4) is 0 Å². The van der Waals surface area contributed by atoms with Crippen molar-refractivity contribution in [2.45, 2.75) is 51.1 Å². The predicted octanol–water partition coefficient (Wildman–Crippen LogP) is 0.439. The number of carbonyl (C=O) groups is 2. The van der Waals surface area contributed by atoms with Crippen molar-refractivity contribution in [1.29, 1.82) is 0 Å². The summed E-state index contributed by atoms with van der Waals surface area (Å²) < 4.78 is 0. The summed E-state index contributed by atoms with van der Waals surface area (Å²) in [6, 6.07) is 0.948. The van der Waals surface area contributed by atoms with Gasteiger partial charge in [0.15, 0.2) is 0 Å². The van der Waals surface area contributed by atoms with E-state index in [1.165, 1.54) is 0 Å². The Labute approximate surface area is 120 Å². The lowest BCUT2D eigenvalue weighted by Gasteiger charge is -2.34. The molecule has 0 aliphatic carbocycles. The normalized spacial score (nSPS) is 24.9. The average molecular weight is 282 g/mol. The highest BCUT2D eigenvalue weighted by molar-refractivity contribution is 5.76. The maximum absolute atomic E-state index is 11.7. The van der Waals surface area contributed by atoms with Gasteiger partial charge in [0.1, 0.15) is 0 Å². The maximum Gasteiger partial charge on any atom is 0.317 e. The fourth-order valence-corrected chi connectivity index (χ4v) is 2.94. The molecule has 0 radical (unpaired) electrons. The van der Waals surface area contributed by atoms with Gasteiger partial charge in [-0.25, -0.2) is 4.79 Å². The number of amides is 3. The average Bonchev–Trinajstić information content (AvgIpc) is 2.65. The molecule has 2 saturated heterocycles. The van der Waals surface area contributed by atoms with Crippen LogP contribution in [0.2, 0.25) is 0 Å². The molecule has 0 unspecified atom stereocenters. The summed E-state index contributed by atoms with van der Waals surface area (Å²) in [7, 11) is 0. The van der Waals surface area contributed by atoms with E-state index in [1.54, 1.807) is 0 Å². The van der Waals surface area contributed by atoms with Gasteiger partial charge in [-0.05, 0) is 32.6 Å². The van der Waals surface area contributed by atoms with Crippen molar-refractivity contribution < 1.29 is 9.59 Å². The Bertz CT molecular complexity index is 340. The van der Waals surface area contributed by atoms with Crippen molar-refractivity contribution in [1.82, 2.24) is 20.9 Å². The number of hydrogen-bond donors (Lipinski definition) is 3. The first-order valence-electron chi connectivity index (χ1n) is 7.74. The van der Waals surface area contributed by atoms with Crippen molar-refractivity contribution in [2.75, 3.05) is 26.2 Å². The third-order valence-electron chi connectivity index (χ3n) is 4.12. The molecule has 6 nitrogen and oxygen atoms in total. The third kappa shape index (κ3) is 4.37. The van der Waals surface area contributed by atoms with Crippen LogP contribution in [0, 0.1) is 0 Å². The minimum atomic E-state index is 0.0511. The number of piperidine rings is 1. The van der Waals surface area contributed by atoms with E-state index in [2.05, 4.69) is 16.0 Å². The lowest BCUT2D eigenvalue weighted by Crippen LogP contribution is -2.50. The van der Waals surface area contributed by atoms with Crippen molar-refractivity contribution in [3.63, 3.8) is 0 Å². The number of urea groups is 1. The molecule has 2 rings (SSSR count). The molecule has 0 aromatic heterocycles. The first-order valence-corrected chi connectivity index (χ1v) is 7.74. The van der Waals surface area contributed by atoms with Crippen LogP contribution in [-0.2, 0) is 4.79 Å². The Morgan fingerprint density at radius 2 is 1.95 bits per heavy atom. The van der Waals surface area contributed by atoms with Gasteiger partial charge in [0.2, 0.25) is 5.91 Å². The molecule has 2 fully saturated rings. The summed E-state index contributed by atoms with van der Waals surface area (Å²) in [5.74, 6) is 0.167. The fraction of sp³-hybridized carbons (Fsp3) is 0.857. The number of nitrogens with zero attached hydrogens (tertiary/aromatic N) is 1. The van der Waals surface area contributed by atoms with Gasteiger partial charge >= 0.3 is 6.03 Å². The molecule has 0 spiro atoms. The molecule has 0 saturated carbocycles. The van der Waals surface area contributed by atoms with E-state index in [0.717, 1.165) is 45.3 Å². The quantitative estimate of drug-likeness (QED) is 0.703. The van der Waals surface area contributed by atoms with Crippen molar-refractivity contribution in [3.05, 3.63) is 0 Å². The van der Waals surface area contributed by atoms with E-state index >= 15 is 0 Å². The largest absolute Gasteiger partial charge is 0.356 e. The lowest BCUT2D eigenvalue weighted by molar-refractivity contribution is -0.120.